The fourth-order valence-electron chi connectivity index (χ4n) is 4.70. The fourth-order valence-corrected chi connectivity index (χ4v) is 4.70. The first kappa shape index (κ1) is 26.3. The summed E-state index contributed by atoms with van der Waals surface area (Å²) >= 11 is 0. The highest BCUT2D eigenvalue weighted by atomic mass is 127. The van der Waals surface area contributed by atoms with Crippen molar-refractivity contribution in [3.05, 3.63) is 65.7 Å². The number of rotatable bonds is 6. The lowest BCUT2D eigenvalue weighted by atomic mass is 10.2. The molecule has 184 valence electrons. The number of anilines is 1. The van der Waals surface area contributed by atoms with Crippen molar-refractivity contribution >= 4 is 41.7 Å². The lowest BCUT2D eigenvalue weighted by Gasteiger charge is -2.21. The number of carbonyl (C=O) groups excluding carboxylic acids is 1. The molecule has 2 saturated heterocycles. The summed E-state index contributed by atoms with van der Waals surface area (Å²) in [6.45, 7) is 6.60. The molecule has 3 N–H and O–H groups in total. The molecule has 2 aromatic rings. The minimum absolute atomic E-state index is 0. The predicted octanol–water partition coefficient (Wildman–Crippen LogP) is 4.26. The highest BCUT2D eigenvalue weighted by molar-refractivity contribution is 14.0. The van der Waals surface area contributed by atoms with Crippen molar-refractivity contribution < 1.29 is 4.79 Å². The van der Waals surface area contributed by atoms with Gasteiger partial charge in [-0.2, -0.15) is 0 Å². The van der Waals surface area contributed by atoms with Gasteiger partial charge in [-0.1, -0.05) is 42.5 Å². The molecule has 2 aromatic carbocycles. The standard InChI is InChI=1S/C26H36N6O.HI/c1-20-15-24(19-32(20)18-21-9-4-3-5-10-21)29-25(27-2)28-17-22-11-8-12-23(16-22)30-26(33)31-13-6-7-14-31;/h3-5,8-12,16,20,24H,6-7,13-15,17-19H2,1-2H3,(H,30,33)(H2,27,28,29);1H. The van der Waals surface area contributed by atoms with Gasteiger partial charge in [-0.3, -0.25) is 9.89 Å². The third-order valence-corrected chi connectivity index (χ3v) is 6.53. The molecule has 0 aromatic heterocycles. The maximum absolute atomic E-state index is 12.4. The van der Waals surface area contributed by atoms with E-state index in [0.29, 0.717) is 18.6 Å². The molecule has 2 fully saturated rings. The van der Waals surface area contributed by atoms with Crippen molar-refractivity contribution in [1.29, 1.82) is 0 Å². The van der Waals surface area contributed by atoms with Crippen molar-refractivity contribution in [1.82, 2.24) is 20.4 Å². The van der Waals surface area contributed by atoms with Crippen molar-refractivity contribution in [2.24, 2.45) is 4.99 Å². The van der Waals surface area contributed by atoms with Crippen LogP contribution in [-0.4, -0.2) is 60.6 Å². The van der Waals surface area contributed by atoms with Crippen molar-refractivity contribution in [3.63, 3.8) is 0 Å². The van der Waals surface area contributed by atoms with Crippen LogP contribution in [0, 0.1) is 0 Å². The van der Waals surface area contributed by atoms with Crippen LogP contribution in [0.1, 0.15) is 37.3 Å². The second kappa shape index (κ2) is 12.9. The number of benzene rings is 2. The first-order chi connectivity index (χ1) is 16.1. The van der Waals surface area contributed by atoms with E-state index in [0.717, 1.165) is 62.7 Å². The molecule has 2 amide bonds. The maximum Gasteiger partial charge on any atom is 0.321 e. The molecule has 0 saturated carbocycles. The van der Waals surface area contributed by atoms with Crippen LogP contribution in [0.2, 0.25) is 0 Å². The monoisotopic (exact) mass is 576 g/mol. The van der Waals surface area contributed by atoms with Crippen LogP contribution in [0.25, 0.3) is 0 Å². The highest BCUT2D eigenvalue weighted by Crippen LogP contribution is 2.20. The topological polar surface area (TPSA) is 72.0 Å². The number of hydrogen-bond acceptors (Lipinski definition) is 3. The number of guanidine groups is 1. The molecule has 0 radical (unpaired) electrons. The summed E-state index contributed by atoms with van der Waals surface area (Å²) in [5.74, 6) is 0.806. The zero-order valence-corrected chi connectivity index (χ0v) is 22.5. The van der Waals surface area contributed by atoms with Gasteiger partial charge in [-0.15, -0.1) is 24.0 Å². The largest absolute Gasteiger partial charge is 0.352 e. The van der Waals surface area contributed by atoms with E-state index in [-0.39, 0.29) is 30.0 Å². The molecule has 8 heteroatoms. The van der Waals surface area contributed by atoms with E-state index in [1.54, 1.807) is 0 Å². The Kier molecular flexibility index (Phi) is 10.0. The molecule has 0 aliphatic carbocycles. The molecule has 2 aliphatic heterocycles. The Morgan fingerprint density at radius 3 is 2.53 bits per heavy atom. The molecule has 7 nitrogen and oxygen atoms in total. The Balaban J connectivity index is 0.00000324. The van der Waals surface area contributed by atoms with Gasteiger partial charge in [-0.25, -0.2) is 4.79 Å². The lowest BCUT2D eigenvalue weighted by molar-refractivity contribution is 0.222. The van der Waals surface area contributed by atoms with Crippen LogP contribution >= 0.6 is 24.0 Å². The third kappa shape index (κ3) is 7.33. The van der Waals surface area contributed by atoms with Crippen LogP contribution in [0.15, 0.2) is 59.6 Å². The van der Waals surface area contributed by atoms with Crippen LogP contribution < -0.4 is 16.0 Å². The number of nitrogens with zero attached hydrogens (tertiary/aromatic N) is 3. The molecule has 2 heterocycles. The van der Waals surface area contributed by atoms with Crippen LogP contribution in [0.5, 0.6) is 0 Å². The number of carbonyl (C=O) groups is 1. The minimum Gasteiger partial charge on any atom is -0.352 e. The molecule has 34 heavy (non-hydrogen) atoms. The Labute approximate surface area is 220 Å². The smallest absolute Gasteiger partial charge is 0.321 e. The average Bonchev–Trinajstić information content (AvgIpc) is 3.48. The van der Waals surface area contributed by atoms with Gasteiger partial charge in [0.25, 0.3) is 0 Å². The lowest BCUT2D eigenvalue weighted by Crippen LogP contribution is -2.44. The number of likely N-dealkylation sites (tertiary alicyclic amines) is 2. The van der Waals surface area contributed by atoms with Crippen molar-refractivity contribution in [3.8, 4) is 0 Å². The summed E-state index contributed by atoms with van der Waals surface area (Å²) in [5.41, 5.74) is 3.28. The number of amides is 2. The first-order valence-corrected chi connectivity index (χ1v) is 12.0. The third-order valence-electron chi connectivity index (χ3n) is 6.53. The summed E-state index contributed by atoms with van der Waals surface area (Å²) in [5, 5.41) is 10.0. The Morgan fingerprint density at radius 2 is 1.79 bits per heavy atom. The van der Waals surface area contributed by atoms with Gasteiger partial charge in [-0.05, 0) is 49.4 Å². The summed E-state index contributed by atoms with van der Waals surface area (Å²) in [6, 6.07) is 19.5. The first-order valence-electron chi connectivity index (χ1n) is 12.0. The Hall–Kier alpha value is -2.33. The van der Waals surface area contributed by atoms with E-state index in [9.17, 15) is 4.79 Å². The van der Waals surface area contributed by atoms with Gasteiger partial charge in [0.05, 0.1) is 0 Å². The van der Waals surface area contributed by atoms with E-state index in [1.165, 1.54) is 5.56 Å². The summed E-state index contributed by atoms with van der Waals surface area (Å²) < 4.78 is 0. The number of urea groups is 1. The molecule has 2 aliphatic rings. The normalized spacial score (nSPS) is 20.6. The zero-order valence-electron chi connectivity index (χ0n) is 20.2. The van der Waals surface area contributed by atoms with Gasteiger partial charge in [0, 0.05) is 57.5 Å². The fraction of sp³-hybridized carbons (Fsp3) is 0.462. The number of halogens is 1. The van der Waals surface area contributed by atoms with Crippen LogP contribution in [-0.2, 0) is 13.1 Å². The second-order valence-electron chi connectivity index (χ2n) is 9.09. The number of nitrogens with one attached hydrogen (secondary N) is 3. The Bertz CT molecular complexity index is 947. The molecular weight excluding hydrogens is 539 g/mol. The number of hydrogen-bond donors (Lipinski definition) is 3. The SMILES string of the molecule is CN=C(NCc1cccc(NC(=O)N2CCCC2)c1)NC1CC(C)N(Cc2ccccc2)C1.I. The van der Waals surface area contributed by atoms with Gasteiger partial charge in [0.2, 0.25) is 0 Å². The van der Waals surface area contributed by atoms with Gasteiger partial charge < -0.3 is 20.9 Å². The molecule has 2 atom stereocenters. The average molecular weight is 577 g/mol. The molecule has 0 spiro atoms. The van der Waals surface area contributed by atoms with E-state index >= 15 is 0 Å². The second-order valence-corrected chi connectivity index (χ2v) is 9.09. The molecular formula is C26H37IN6O. The van der Waals surface area contributed by atoms with Crippen molar-refractivity contribution in [2.75, 3.05) is 32.0 Å². The summed E-state index contributed by atoms with van der Waals surface area (Å²) in [7, 11) is 1.81. The predicted molar refractivity (Wildman–Crippen MR) is 150 cm³/mol. The van der Waals surface area contributed by atoms with E-state index in [1.807, 2.05) is 30.1 Å². The van der Waals surface area contributed by atoms with E-state index in [2.05, 4.69) is 69.2 Å². The minimum atomic E-state index is -0.00880. The molecule has 4 rings (SSSR count). The summed E-state index contributed by atoms with van der Waals surface area (Å²) in [6.07, 6.45) is 3.27. The van der Waals surface area contributed by atoms with E-state index < -0.39 is 0 Å². The van der Waals surface area contributed by atoms with Gasteiger partial charge in [0.15, 0.2) is 5.96 Å². The zero-order chi connectivity index (χ0) is 23.0. The summed E-state index contributed by atoms with van der Waals surface area (Å²) in [4.78, 5) is 21.2. The molecule has 0 bridgehead atoms. The number of aliphatic imine (C=N–C) groups is 1. The Morgan fingerprint density at radius 1 is 1.06 bits per heavy atom. The van der Waals surface area contributed by atoms with Crippen molar-refractivity contribution in [2.45, 2.75) is 51.4 Å². The van der Waals surface area contributed by atoms with Gasteiger partial charge in [0.1, 0.15) is 0 Å². The van der Waals surface area contributed by atoms with E-state index in [4.69, 9.17) is 0 Å². The molecule has 2 unspecified atom stereocenters. The van der Waals surface area contributed by atoms with Crippen LogP contribution in [0.3, 0.4) is 0 Å². The quantitative estimate of drug-likeness (QED) is 0.273. The highest BCUT2D eigenvalue weighted by Gasteiger charge is 2.29. The van der Waals surface area contributed by atoms with Crippen LogP contribution in [0.4, 0.5) is 10.5 Å². The van der Waals surface area contributed by atoms with Gasteiger partial charge >= 0.3 is 6.03 Å². The maximum atomic E-state index is 12.4.